The quantitative estimate of drug-likeness (QED) is 0.567. The van der Waals surface area contributed by atoms with Crippen molar-refractivity contribution >= 4 is 29.3 Å². The minimum atomic E-state index is -1.09. The highest BCUT2D eigenvalue weighted by Crippen LogP contribution is 2.26. The Labute approximate surface area is 185 Å². The number of fused-ring (bicyclic) bond motifs is 1. The minimum absolute atomic E-state index is 0.137. The van der Waals surface area contributed by atoms with Crippen molar-refractivity contribution in [3.8, 4) is 0 Å². The second-order valence-electron chi connectivity index (χ2n) is 7.36. The van der Waals surface area contributed by atoms with Crippen LogP contribution in [0, 0.1) is 0 Å². The van der Waals surface area contributed by atoms with Crippen molar-refractivity contribution in [2.75, 3.05) is 11.9 Å². The molecule has 4 rings (SSSR count). The van der Waals surface area contributed by atoms with Crippen molar-refractivity contribution < 1.29 is 19.2 Å². The molecular weight excluding hydrogens is 406 g/mol. The van der Waals surface area contributed by atoms with Crippen molar-refractivity contribution in [1.29, 1.82) is 0 Å². The molecule has 3 aromatic carbocycles. The van der Waals surface area contributed by atoms with Crippen molar-refractivity contribution in [2.45, 2.75) is 12.5 Å². The molecule has 0 saturated carbocycles. The molecule has 0 saturated heterocycles. The lowest BCUT2D eigenvalue weighted by Gasteiger charge is -2.25. The van der Waals surface area contributed by atoms with Gasteiger partial charge in [-0.25, -0.2) is 0 Å². The van der Waals surface area contributed by atoms with Gasteiger partial charge < -0.3 is 10.6 Å². The van der Waals surface area contributed by atoms with Crippen LogP contribution in [0.3, 0.4) is 0 Å². The maximum Gasteiger partial charge on any atom is 0.262 e. The molecule has 7 nitrogen and oxygen atoms in total. The molecule has 160 valence electrons. The molecule has 0 aromatic heterocycles. The highest BCUT2D eigenvalue weighted by atomic mass is 16.2. The molecule has 0 fully saturated rings. The Balaban J connectivity index is 1.52. The minimum Gasteiger partial charge on any atom is -0.345 e. The fraction of sp³-hybridized carbons (Fsp3) is 0.120. The van der Waals surface area contributed by atoms with Crippen LogP contribution >= 0.6 is 0 Å². The van der Waals surface area contributed by atoms with E-state index in [0.29, 0.717) is 5.69 Å². The van der Waals surface area contributed by atoms with Gasteiger partial charge >= 0.3 is 0 Å². The monoisotopic (exact) mass is 427 g/mol. The molecule has 2 N–H and O–H groups in total. The van der Waals surface area contributed by atoms with Gasteiger partial charge in [0.25, 0.3) is 11.8 Å². The van der Waals surface area contributed by atoms with E-state index in [2.05, 4.69) is 10.6 Å². The highest BCUT2D eigenvalue weighted by molar-refractivity contribution is 6.23. The number of amides is 4. The van der Waals surface area contributed by atoms with E-state index in [1.165, 1.54) is 0 Å². The number of anilines is 1. The first-order valence-corrected chi connectivity index (χ1v) is 10.2. The van der Waals surface area contributed by atoms with E-state index in [4.69, 9.17) is 0 Å². The summed E-state index contributed by atoms with van der Waals surface area (Å²) in [4.78, 5) is 52.3. The zero-order valence-corrected chi connectivity index (χ0v) is 17.2. The van der Waals surface area contributed by atoms with Crippen molar-refractivity contribution in [3.63, 3.8) is 0 Å². The second kappa shape index (κ2) is 9.26. The summed E-state index contributed by atoms with van der Waals surface area (Å²) in [7, 11) is 0. The third-order valence-corrected chi connectivity index (χ3v) is 5.19. The lowest BCUT2D eigenvalue weighted by molar-refractivity contribution is -0.127. The van der Waals surface area contributed by atoms with Gasteiger partial charge in [-0.05, 0) is 29.8 Å². The molecule has 1 heterocycles. The number of nitrogens with zero attached hydrogens (tertiary/aromatic N) is 1. The van der Waals surface area contributed by atoms with Gasteiger partial charge in [0.15, 0.2) is 0 Å². The van der Waals surface area contributed by atoms with E-state index in [0.717, 1.165) is 10.5 Å². The van der Waals surface area contributed by atoms with Gasteiger partial charge in [0.1, 0.15) is 6.04 Å². The number of hydrogen-bond acceptors (Lipinski definition) is 4. The Bertz CT molecular complexity index is 1130. The Kier molecular flexibility index (Phi) is 6.07. The van der Waals surface area contributed by atoms with Crippen molar-refractivity contribution in [3.05, 3.63) is 102 Å². The number of carbonyl (C=O) groups is 4. The Morgan fingerprint density at radius 3 is 1.88 bits per heavy atom. The molecular formula is C25H21N3O4. The molecule has 3 aromatic rings. The molecule has 0 unspecified atom stereocenters. The number of nitrogens with one attached hydrogen (secondary N) is 2. The van der Waals surface area contributed by atoms with Crippen LogP contribution in [0.1, 0.15) is 26.3 Å². The lowest BCUT2D eigenvalue weighted by atomic mass is 10.0. The molecule has 1 aliphatic rings. The van der Waals surface area contributed by atoms with Gasteiger partial charge in [0, 0.05) is 12.1 Å². The van der Waals surface area contributed by atoms with E-state index in [9.17, 15) is 19.2 Å². The summed E-state index contributed by atoms with van der Waals surface area (Å²) in [6.07, 6.45) is 0.137. The molecule has 0 radical (unpaired) electrons. The zero-order chi connectivity index (χ0) is 22.5. The van der Waals surface area contributed by atoms with Crippen LogP contribution in [0.25, 0.3) is 0 Å². The van der Waals surface area contributed by atoms with Gasteiger partial charge in [-0.15, -0.1) is 0 Å². The van der Waals surface area contributed by atoms with Gasteiger partial charge in [-0.2, -0.15) is 0 Å². The summed E-state index contributed by atoms with van der Waals surface area (Å²) in [5, 5.41) is 5.26. The first-order valence-electron chi connectivity index (χ1n) is 10.2. The van der Waals surface area contributed by atoms with Crippen molar-refractivity contribution in [1.82, 2.24) is 10.2 Å². The summed E-state index contributed by atoms with van der Waals surface area (Å²) in [5.41, 5.74) is 1.93. The summed E-state index contributed by atoms with van der Waals surface area (Å²) in [6.45, 7) is -0.289. The molecule has 1 atom stereocenters. The molecule has 0 bridgehead atoms. The predicted molar refractivity (Wildman–Crippen MR) is 119 cm³/mol. The van der Waals surface area contributed by atoms with Crippen LogP contribution in [0.5, 0.6) is 0 Å². The summed E-state index contributed by atoms with van der Waals surface area (Å²) >= 11 is 0. The normalized spacial score (nSPS) is 13.4. The predicted octanol–water partition coefficient (Wildman–Crippen LogP) is 2.65. The maximum absolute atomic E-state index is 13.1. The van der Waals surface area contributed by atoms with Crippen LogP contribution in [0.4, 0.5) is 5.69 Å². The first kappa shape index (κ1) is 21.0. The van der Waals surface area contributed by atoms with Gasteiger partial charge in [-0.1, -0.05) is 60.7 Å². The van der Waals surface area contributed by atoms with Crippen molar-refractivity contribution in [2.24, 2.45) is 0 Å². The van der Waals surface area contributed by atoms with Crippen LogP contribution < -0.4 is 10.6 Å². The van der Waals surface area contributed by atoms with E-state index in [-0.39, 0.29) is 24.1 Å². The summed E-state index contributed by atoms with van der Waals surface area (Å²) in [6, 6.07) is 23.4. The standard InChI is InChI=1S/C25H21N3O4/c29-22(27-18-11-5-2-6-12-18)16-26-23(30)21(15-17-9-3-1-4-10-17)28-24(31)19-13-7-8-14-20(19)25(28)32/h1-14,21H,15-16H2,(H,26,30)(H,27,29)/t21-/m0/s1. The highest BCUT2D eigenvalue weighted by Gasteiger charge is 2.42. The molecule has 7 heteroatoms. The number of benzene rings is 3. The van der Waals surface area contributed by atoms with E-state index in [1.54, 1.807) is 48.5 Å². The number of para-hydroxylation sites is 1. The molecule has 32 heavy (non-hydrogen) atoms. The average molecular weight is 427 g/mol. The fourth-order valence-corrected chi connectivity index (χ4v) is 3.64. The van der Waals surface area contributed by atoms with Gasteiger partial charge in [0.05, 0.1) is 17.7 Å². The largest absolute Gasteiger partial charge is 0.345 e. The van der Waals surface area contributed by atoms with E-state index < -0.39 is 29.7 Å². The van der Waals surface area contributed by atoms with Crippen LogP contribution in [-0.4, -0.2) is 41.1 Å². The third kappa shape index (κ3) is 4.41. The number of imide groups is 1. The lowest BCUT2D eigenvalue weighted by Crippen LogP contribution is -2.51. The fourth-order valence-electron chi connectivity index (χ4n) is 3.64. The smallest absolute Gasteiger partial charge is 0.262 e. The number of hydrogen-bond donors (Lipinski definition) is 2. The Hall–Kier alpha value is -4.26. The average Bonchev–Trinajstić information content (AvgIpc) is 3.07. The summed E-state index contributed by atoms with van der Waals surface area (Å²) in [5.74, 6) is -2.03. The summed E-state index contributed by atoms with van der Waals surface area (Å²) < 4.78 is 0. The molecule has 1 aliphatic heterocycles. The number of carbonyl (C=O) groups excluding carboxylic acids is 4. The van der Waals surface area contributed by atoms with E-state index >= 15 is 0 Å². The third-order valence-electron chi connectivity index (χ3n) is 5.19. The second-order valence-corrected chi connectivity index (χ2v) is 7.36. The van der Waals surface area contributed by atoms with Crippen LogP contribution in [-0.2, 0) is 16.0 Å². The molecule has 0 aliphatic carbocycles. The van der Waals surface area contributed by atoms with Gasteiger partial charge in [0.2, 0.25) is 11.8 Å². The number of rotatable bonds is 7. The maximum atomic E-state index is 13.1. The SMILES string of the molecule is O=C(CNC(=O)[C@H](Cc1ccccc1)N1C(=O)c2ccccc2C1=O)Nc1ccccc1. The molecule has 4 amide bonds. The first-order chi connectivity index (χ1) is 15.5. The Morgan fingerprint density at radius 1 is 0.750 bits per heavy atom. The van der Waals surface area contributed by atoms with Gasteiger partial charge in [-0.3, -0.25) is 24.1 Å². The zero-order valence-electron chi connectivity index (χ0n) is 17.2. The topological polar surface area (TPSA) is 95.6 Å². The van der Waals surface area contributed by atoms with Crippen LogP contribution in [0.2, 0.25) is 0 Å². The Morgan fingerprint density at radius 2 is 1.28 bits per heavy atom. The molecule has 0 spiro atoms. The van der Waals surface area contributed by atoms with Crippen LogP contribution in [0.15, 0.2) is 84.9 Å². The van der Waals surface area contributed by atoms with E-state index in [1.807, 2.05) is 36.4 Å².